The molecule has 0 unspecified atom stereocenters. The van der Waals surface area contributed by atoms with E-state index in [-0.39, 0.29) is 18.3 Å². The standard InChI is InChI=1S/C5H12N2O2.ClH/c1-3(8)4(6)5(9)7-2;/h3-4,8H,6H2,1-2H3,(H,7,9);1H/t3-,4+;/m1./s1. The van der Waals surface area contributed by atoms with Gasteiger partial charge in [0.25, 0.3) is 0 Å². The summed E-state index contributed by atoms with van der Waals surface area (Å²) in [6, 6.07) is -0.810. The zero-order chi connectivity index (χ0) is 7.44. The van der Waals surface area contributed by atoms with Gasteiger partial charge in [-0.25, -0.2) is 0 Å². The van der Waals surface area contributed by atoms with Gasteiger partial charge in [-0.3, -0.25) is 4.79 Å². The van der Waals surface area contributed by atoms with Gasteiger partial charge in [0.15, 0.2) is 0 Å². The predicted molar refractivity (Wildman–Crippen MR) is 41.0 cm³/mol. The molecule has 0 aliphatic heterocycles. The summed E-state index contributed by atoms with van der Waals surface area (Å²) in [6.45, 7) is 1.47. The molecule has 0 aromatic rings. The molecule has 0 saturated carbocycles. The van der Waals surface area contributed by atoms with E-state index in [1.807, 2.05) is 0 Å². The molecule has 2 atom stereocenters. The maximum Gasteiger partial charge on any atom is 0.239 e. The van der Waals surface area contributed by atoms with Gasteiger partial charge in [-0.1, -0.05) is 0 Å². The van der Waals surface area contributed by atoms with Crippen molar-refractivity contribution in [2.75, 3.05) is 7.05 Å². The fourth-order valence-electron chi connectivity index (χ4n) is 0.386. The van der Waals surface area contributed by atoms with Crippen LogP contribution in [0.1, 0.15) is 6.92 Å². The van der Waals surface area contributed by atoms with E-state index in [4.69, 9.17) is 10.8 Å². The highest BCUT2D eigenvalue weighted by Crippen LogP contribution is 1.86. The van der Waals surface area contributed by atoms with E-state index in [2.05, 4.69) is 5.32 Å². The van der Waals surface area contributed by atoms with Crippen molar-refractivity contribution >= 4 is 18.3 Å². The molecule has 0 heterocycles. The first kappa shape index (κ1) is 12.4. The number of halogens is 1. The van der Waals surface area contributed by atoms with Crippen molar-refractivity contribution in [2.45, 2.75) is 19.1 Å². The number of hydrogen-bond donors (Lipinski definition) is 3. The van der Waals surface area contributed by atoms with Crippen molar-refractivity contribution in [1.82, 2.24) is 5.32 Å². The van der Waals surface area contributed by atoms with Crippen LogP contribution in [0.3, 0.4) is 0 Å². The van der Waals surface area contributed by atoms with Crippen molar-refractivity contribution in [3.05, 3.63) is 0 Å². The second kappa shape index (κ2) is 5.46. The first-order chi connectivity index (χ1) is 4.09. The maximum atomic E-state index is 10.6. The zero-order valence-electron chi connectivity index (χ0n) is 6.00. The summed E-state index contributed by atoms with van der Waals surface area (Å²) in [6.07, 6.45) is -0.787. The molecule has 0 saturated heterocycles. The molecule has 0 rings (SSSR count). The van der Waals surface area contributed by atoms with E-state index < -0.39 is 12.1 Å². The lowest BCUT2D eigenvalue weighted by molar-refractivity contribution is -0.123. The highest BCUT2D eigenvalue weighted by atomic mass is 35.5. The smallest absolute Gasteiger partial charge is 0.239 e. The second-order valence-electron chi connectivity index (χ2n) is 1.88. The number of hydrogen-bond acceptors (Lipinski definition) is 3. The highest BCUT2D eigenvalue weighted by Gasteiger charge is 2.16. The Bertz CT molecular complexity index is 108. The molecule has 4 nitrogen and oxygen atoms in total. The van der Waals surface area contributed by atoms with Crippen LogP contribution in [-0.4, -0.2) is 30.2 Å². The topological polar surface area (TPSA) is 75.4 Å². The molecule has 0 aliphatic carbocycles. The molecular weight excluding hydrogens is 156 g/mol. The Labute approximate surface area is 66.2 Å². The average Bonchev–Trinajstić information content (AvgIpc) is 1.84. The summed E-state index contributed by atoms with van der Waals surface area (Å²) in [7, 11) is 1.48. The monoisotopic (exact) mass is 168 g/mol. The van der Waals surface area contributed by atoms with Crippen LogP contribution in [0, 0.1) is 0 Å². The Balaban J connectivity index is 0. The first-order valence-electron chi connectivity index (χ1n) is 2.75. The Hall–Kier alpha value is -0.320. The lowest BCUT2D eigenvalue weighted by Gasteiger charge is -2.11. The third-order valence-corrected chi connectivity index (χ3v) is 1.07. The molecule has 10 heavy (non-hydrogen) atoms. The minimum absolute atomic E-state index is 0. The van der Waals surface area contributed by atoms with Gasteiger partial charge in [0.2, 0.25) is 5.91 Å². The van der Waals surface area contributed by atoms with E-state index in [1.165, 1.54) is 14.0 Å². The normalized spacial score (nSPS) is 14.8. The summed E-state index contributed by atoms with van der Waals surface area (Å²) in [5.41, 5.74) is 5.21. The van der Waals surface area contributed by atoms with Gasteiger partial charge in [0.05, 0.1) is 6.10 Å². The Kier molecular flexibility index (Phi) is 6.76. The van der Waals surface area contributed by atoms with Crippen LogP contribution in [0.2, 0.25) is 0 Å². The molecule has 0 aliphatic rings. The molecule has 0 fully saturated rings. The van der Waals surface area contributed by atoms with E-state index in [0.29, 0.717) is 0 Å². The summed E-state index contributed by atoms with van der Waals surface area (Å²) >= 11 is 0. The number of nitrogens with one attached hydrogen (secondary N) is 1. The first-order valence-corrected chi connectivity index (χ1v) is 2.75. The number of likely N-dealkylation sites (N-methyl/N-ethyl adjacent to an activating group) is 1. The van der Waals surface area contributed by atoms with Gasteiger partial charge in [-0.2, -0.15) is 0 Å². The quantitative estimate of drug-likeness (QED) is 0.488. The van der Waals surface area contributed by atoms with Gasteiger partial charge in [-0.05, 0) is 6.92 Å². The third-order valence-electron chi connectivity index (χ3n) is 1.07. The molecular formula is C5H13ClN2O2. The van der Waals surface area contributed by atoms with E-state index in [1.54, 1.807) is 0 Å². The largest absolute Gasteiger partial charge is 0.391 e. The molecule has 5 heteroatoms. The average molecular weight is 169 g/mol. The number of amides is 1. The molecule has 1 amide bonds. The molecule has 0 radical (unpaired) electrons. The summed E-state index contributed by atoms with van der Waals surface area (Å²) in [5, 5.41) is 11.1. The van der Waals surface area contributed by atoms with E-state index >= 15 is 0 Å². The number of aliphatic hydroxyl groups is 1. The number of carbonyl (C=O) groups is 1. The van der Waals surface area contributed by atoms with Crippen LogP contribution in [0.25, 0.3) is 0 Å². The Morgan fingerprint density at radius 1 is 1.70 bits per heavy atom. The van der Waals surface area contributed by atoms with Crippen LogP contribution in [0.15, 0.2) is 0 Å². The van der Waals surface area contributed by atoms with Crippen LogP contribution in [0.5, 0.6) is 0 Å². The van der Waals surface area contributed by atoms with Crippen molar-refractivity contribution in [1.29, 1.82) is 0 Å². The van der Waals surface area contributed by atoms with E-state index in [9.17, 15) is 4.79 Å². The predicted octanol–water partition coefficient (Wildman–Crippen LogP) is -1.14. The van der Waals surface area contributed by atoms with Crippen LogP contribution in [-0.2, 0) is 4.79 Å². The summed E-state index contributed by atoms with van der Waals surface area (Å²) in [5.74, 6) is -0.343. The fourth-order valence-corrected chi connectivity index (χ4v) is 0.386. The molecule has 62 valence electrons. The molecule has 0 aromatic carbocycles. The minimum atomic E-state index is -0.810. The number of aliphatic hydroxyl groups excluding tert-OH is 1. The third kappa shape index (κ3) is 3.66. The second-order valence-corrected chi connectivity index (χ2v) is 1.88. The summed E-state index contributed by atoms with van der Waals surface area (Å²) in [4.78, 5) is 10.6. The molecule has 0 spiro atoms. The van der Waals surface area contributed by atoms with Gasteiger partial charge in [0.1, 0.15) is 6.04 Å². The van der Waals surface area contributed by atoms with Crippen LogP contribution in [0.4, 0.5) is 0 Å². The SMILES string of the molecule is CNC(=O)[C@@H](N)[C@@H](C)O.Cl. The Morgan fingerprint density at radius 3 is 2.20 bits per heavy atom. The fraction of sp³-hybridized carbons (Fsp3) is 0.800. The highest BCUT2D eigenvalue weighted by molar-refractivity contribution is 5.85. The van der Waals surface area contributed by atoms with Gasteiger partial charge in [-0.15, -0.1) is 12.4 Å². The lowest BCUT2D eigenvalue weighted by Crippen LogP contribution is -2.45. The van der Waals surface area contributed by atoms with Crippen molar-refractivity contribution in [2.24, 2.45) is 5.73 Å². The Morgan fingerprint density at radius 2 is 2.10 bits per heavy atom. The molecule has 0 aromatic heterocycles. The van der Waals surface area contributed by atoms with E-state index in [0.717, 1.165) is 0 Å². The summed E-state index contributed by atoms with van der Waals surface area (Å²) < 4.78 is 0. The zero-order valence-corrected chi connectivity index (χ0v) is 6.81. The van der Waals surface area contributed by atoms with Crippen LogP contribution < -0.4 is 11.1 Å². The van der Waals surface area contributed by atoms with Gasteiger partial charge >= 0.3 is 0 Å². The molecule has 0 bridgehead atoms. The number of rotatable bonds is 2. The van der Waals surface area contributed by atoms with Gasteiger partial charge in [0, 0.05) is 7.05 Å². The van der Waals surface area contributed by atoms with Gasteiger partial charge < -0.3 is 16.2 Å². The van der Waals surface area contributed by atoms with Crippen molar-refractivity contribution in [3.63, 3.8) is 0 Å². The molecule has 4 N–H and O–H groups in total. The number of carbonyl (C=O) groups excluding carboxylic acids is 1. The minimum Gasteiger partial charge on any atom is -0.391 e. The lowest BCUT2D eigenvalue weighted by atomic mass is 10.2. The van der Waals surface area contributed by atoms with Crippen molar-refractivity contribution < 1.29 is 9.90 Å². The van der Waals surface area contributed by atoms with Crippen LogP contribution >= 0.6 is 12.4 Å². The van der Waals surface area contributed by atoms with Crippen molar-refractivity contribution in [3.8, 4) is 0 Å². The maximum absolute atomic E-state index is 10.6. The number of nitrogens with two attached hydrogens (primary N) is 1.